The average molecular weight is 298 g/mol. The molecule has 0 fully saturated rings. The zero-order valence-electron chi connectivity index (χ0n) is 10.1. The lowest BCUT2D eigenvalue weighted by atomic mass is 10.3. The molecule has 6 heteroatoms. The molecular weight excluding hydrogens is 278 g/mol. The van der Waals surface area contributed by atoms with Crippen molar-refractivity contribution in [2.24, 2.45) is 0 Å². The lowest BCUT2D eigenvalue weighted by Gasteiger charge is -2.23. The van der Waals surface area contributed by atoms with Crippen LogP contribution in [0.25, 0.3) is 0 Å². The maximum atomic E-state index is 11.2. The van der Waals surface area contributed by atoms with Crippen LogP contribution < -0.4 is 0 Å². The molecule has 0 radical (unpaired) electrons. The number of halogens is 1. The van der Waals surface area contributed by atoms with Gasteiger partial charge in [0.2, 0.25) is 0 Å². The number of carbonyl (C=O) groups is 1. The minimum Gasteiger partial charge on any atom is -0.468 e. The van der Waals surface area contributed by atoms with Gasteiger partial charge in [-0.3, -0.25) is 9.69 Å². The summed E-state index contributed by atoms with van der Waals surface area (Å²) in [5.41, 5.74) is 0. The second kappa shape index (κ2) is 10.0. The molecule has 0 aliphatic carbocycles. The second-order valence-corrected chi connectivity index (χ2v) is 4.38. The summed E-state index contributed by atoms with van der Waals surface area (Å²) in [6, 6.07) is 0. The summed E-state index contributed by atoms with van der Waals surface area (Å²) in [5.74, 6) is -0.264. The minimum atomic E-state index is -0.314. The van der Waals surface area contributed by atoms with E-state index in [1.165, 1.54) is 7.11 Å². The molecule has 5 nitrogen and oxygen atoms in total. The molecular formula is C10H20BrNO4. The van der Waals surface area contributed by atoms with Crippen molar-refractivity contribution in [2.45, 2.75) is 4.83 Å². The molecule has 0 heterocycles. The number of hydrogen-bond donors (Lipinski definition) is 0. The number of carbonyl (C=O) groups excluding carboxylic acids is 1. The van der Waals surface area contributed by atoms with E-state index in [1.807, 2.05) is 0 Å². The highest BCUT2D eigenvalue weighted by Gasteiger charge is 2.18. The molecule has 0 bridgehead atoms. The van der Waals surface area contributed by atoms with Gasteiger partial charge in [0.25, 0.3) is 0 Å². The molecule has 96 valence electrons. The van der Waals surface area contributed by atoms with E-state index in [2.05, 4.69) is 25.6 Å². The van der Waals surface area contributed by atoms with Crippen LogP contribution in [0.4, 0.5) is 0 Å². The van der Waals surface area contributed by atoms with Gasteiger partial charge in [-0.1, -0.05) is 15.9 Å². The number of hydrogen-bond acceptors (Lipinski definition) is 5. The molecule has 0 aliphatic rings. The quantitative estimate of drug-likeness (QED) is 0.459. The largest absolute Gasteiger partial charge is 0.468 e. The van der Waals surface area contributed by atoms with Crippen LogP contribution in [-0.2, 0) is 19.0 Å². The van der Waals surface area contributed by atoms with Crippen LogP contribution in [0.1, 0.15) is 0 Å². The highest BCUT2D eigenvalue weighted by molar-refractivity contribution is 9.10. The van der Waals surface area contributed by atoms with Crippen LogP contribution in [0.15, 0.2) is 0 Å². The van der Waals surface area contributed by atoms with Crippen molar-refractivity contribution < 1.29 is 19.0 Å². The van der Waals surface area contributed by atoms with Crippen molar-refractivity contribution in [3.8, 4) is 0 Å². The fourth-order valence-electron chi connectivity index (χ4n) is 1.16. The number of esters is 1. The highest BCUT2D eigenvalue weighted by Crippen LogP contribution is 2.05. The first-order valence-corrected chi connectivity index (χ1v) is 5.99. The Labute approximate surface area is 105 Å². The molecule has 0 rings (SSSR count). The maximum absolute atomic E-state index is 11.2. The van der Waals surface area contributed by atoms with Crippen LogP contribution >= 0.6 is 15.9 Å². The monoisotopic (exact) mass is 297 g/mol. The van der Waals surface area contributed by atoms with Crippen molar-refractivity contribution in [1.29, 1.82) is 0 Å². The Bertz CT molecular complexity index is 184. The van der Waals surface area contributed by atoms with Crippen molar-refractivity contribution in [2.75, 3.05) is 54.2 Å². The first-order valence-electron chi connectivity index (χ1n) is 5.07. The molecule has 0 aliphatic heterocycles. The lowest BCUT2D eigenvalue weighted by molar-refractivity contribution is -0.140. The lowest BCUT2D eigenvalue weighted by Crippen LogP contribution is -2.38. The Morgan fingerprint density at radius 1 is 1.19 bits per heavy atom. The molecule has 1 atom stereocenters. The summed E-state index contributed by atoms with van der Waals surface area (Å²) in [6.45, 7) is 3.37. The third-order valence-electron chi connectivity index (χ3n) is 2.10. The third kappa shape index (κ3) is 7.16. The standard InChI is InChI=1S/C10H20BrNO4/c1-14-6-4-12(5-7-15-2)8-9(11)10(13)16-3/h9H,4-8H2,1-3H3. The van der Waals surface area contributed by atoms with Gasteiger partial charge in [0.1, 0.15) is 4.83 Å². The van der Waals surface area contributed by atoms with Crippen LogP contribution in [-0.4, -0.2) is 69.9 Å². The van der Waals surface area contributed by atoms with Crippen LogP contribution in [0.5, 0.6) is 0 Å². The van der Waals surface area contributed by atoms with Crippen molar-refractivity contribution in [3.63, 3.8) is 0 Å². The minimum absolute atomic E-state index is 0.264. The fraction of sp³-hybridized carbons (Fsp3) is 0.900. The van der Waals surface area contributed by atoms with Gasteiger partial charge in [-0.25, -0.2) is 0 Å². The normalized spacial score (nSPS) is 12.8. The van der Waals surface area contributed by atoms with E-state index < -0.39 is 0 Å². The van der Waals surface area contributed by atoms with Crippen molar-refractivity contribution >= 4 is 21.9 Å². The third-order valence-corrected chi connectivity index (χ3v) is 2.76. The van der Waals surface area contributed by atoms with Gasteiger partial charge < -0.3 is 14.2 Å². The number of methoxy groups -OCH3 is 3. The molecule has 0 aromatic carbocycles. The Kier molecular flexibility index (Phi) is 9.91. The number of nitrogens with zero attached hydrogens (tertiary/aromatic N) is 1. The van der Waals surface area contributed by atoms with Gasteiger partial charge >= 0.3 is 5.97 Å². The predicted molar refractivity (Wildman–Crippen MR) is 64.9 cm³/mol. The first-order chi connectivity index (χ1) is 7.65. The van der Waals surface area contributed by atoms with E-state index in [1.54, 1.807) is 14.2 Å². The van der Waals surface area contributed by atoms with E-state index >= 15 is 0 Å². The molecule has 0 spiro atoms. The van der Waals surface area contributed by atoms with Crippen LogP contribution in [0, 0.1) is 0 Å². The van der Waals surface area contributed by atoms with Crippen LogP contribution in [0.3, 0.4) is 0 Å². The Hall–Kier alpha value is -0.170. The molecule has 0 aromatic heterocycles. The predicted octanol–water partition coefficient (Wildman–Crippen LogP) is 0.518. The average Bonchev–Trinajstić information content (AvgIpc) is 2.31. The summed E-state index contributed by atoms with van der Waals surface area (Å²) in [5, 5.41) is 0. The molecule has 0 aromatic rings. The summed E-state index contributed by atoms with van der Waals surface area (Å²) in [7, 11) is 4.69. The Morgan fingerprint density at radius 3 is 2.06 bits per heavy atom. The molecule has 1 unspecified atom stereocenters. The zero-order valence-corrected chi connectivity index (χ0v) is 11.7. The van der Waals surface area contributed by atoms with Gasteiger partial charge in [-0.15, -0.1) is 0 Å². The first kappa shape index (κ1) is 15.8. The number of alkyl halides is 1. The fourth-order valence-corrected chi connectivity index (χ4v) is 1.76. The summed E-state index contributed by atoms with van der Waals surface area (Å²) in [4.78, 5) is 13.0. The zero-order chi connectivity index (χ0) is 12.4. The van der Waals surface area contributed by atoms with E-state index in [0.717, 1.165) is 13.1 Å². The Balaban J connectivity index is 4.01. The van der Waals surface area contributed by atoms with E-state index in [-0.39, 0.29) is 10.8 Å². The van der Waals surface area contributed by atoms with Crippen molar-refractivity contribution in [1.82, 2.24) is 4.90 Å². The SMILES string of the molecule is COCCN(CCOC)CC(Br)C(=O)OC. The Morgan fingerprint density at radius 2 is 1.69 bits per heavy atom. The van der Waals surface area contributed by atoms with Gasteiger partial charge in [-0.05, 0) is 0 Å². The molecule has 0 saturated heterocycles. The van der Waals surface area contributed by atoms with E-state index in [9.17, 15) is 4.79 Å². The summed E-state index contributed by atoms with van der Waals surface area (Å²) < 4.78 is 14.7. The maximum Gasteiger partial charge on any atom is 0.320 e. The molecule has 0 amide bonds. The van der Waals surface area contributed by atoms with E-state index in [4.69, 9.17) is 9.47 Å². The number of rotatable bonds is 9. The van der Waals surface area contributed by atoms with Crippen LogP contribution in [0.2, 0.25) is 0 Å². The molecule has 0 N–H and O–H groups in total. The van der Waals surface area contributed by atoms with E-state index in [0.29, 0.717) is 19.8 Å². The second-order valence-electron chi connectivity index (χ2n) is 3.28. The molecule has 16 heavy (non-hydrogen) atoms. The van der Waals surface area contributed by atoms with Gasteiger partial charge in [-0.2, -0.15) is 0 Å². The topological polar surface area (TPSA) is 48.0 Å². The smallest absolute Gasteiger partial charge is 0.320 e. The van der Waals surface area contributed by atoms with Gasteiger partial charge in [0.05, 0.1) is 20.3 Å². The number of ether oxygens (including phenoxy) is 3. The summed E-state index contributed by atoms with van der Waals surface area (Å²) in [6.07, 6.45) is 0. The summed E-state index contributed by atoms with van der Waals surface area (Å²) >= 11 is 3.29. The van der Waals surface area contributed by atoms with Gasteiger partial charge in [0, 0.05) is 33.9 Å². The van der Waals surface area contributed by atoms with Crippen molar-refractivity contribution in [3.05, 3.63) is 0 Å². The molecule has 0 saturated carbocycles. The highest BCUT2D eigenvalue weighted by atomic mass is 79.9. The van der Waals surface area contributed by atoms with Gasteiger partial charge in [0.15, 0.2) is 0 Å².